The minimum Gasteiger partial charge on any atom is -0.494 e. The van der Waals surface area contributed by atoms with Crippen molar-refractivity contribution in [2.24, 2.45) is 0 Å². The van der Waals surface area contributed by atoms with Gasteiger partial charge in [-0.25, -0.2) is 0 Å². The van der Waals surface area contributed by atoms with E-state index in [1.54, 1.807) is 6.07 Å². The molecule has 0 atom stereocenters. The van der Waals surface area contributed by atoms with Gasteiger partial charge in [0.15, 0.2) is 0 Å². The van der Waals surface area contributed by atoms with Crippen LogP contribution in [0.15, 0.2) is 42.5 Å². The second kappa shape index (κ2) is 9.69. The number of nitrogens with one attached hydrogen (secondary N) is 1. The highest BCUT2D eigenvalue weighted by Crippen LogP contribution is 2.22. The van der Waals surface area contributed by atoms with E-state index in [0.29, 0.717) is 16.6 Å². The fourth-order valence-electron chi connectivity index (χ4n) is 2.25. The molecule has 0 saturated heterocycles. The van der Waals surface area contributed by atoms with E-state index in [1.165, 1.54) is 19.3 Å². The van der Waals surface area contributed by atoms with E-state index >= 15 is 0 Å². The Morgan fingerprint density at radius 3 is 2.43 bits per heavy atom. The molecular weight excluding hydrogens is 329 g/mol. The van der Waals surface area contributed by atoms with Crippen molar-refractivity contribution in [3.8, 4) is 5.75 Å². The average molecular weight is 352 g/mol. The van der Waals surface area contributed by atoms with Crippen molar-refractivity contribution in [3.63, 3.8) is 0 Å². The lowest BCUT2D eigenvalue weighted by Crippen LogP contribution is -2.01. The molecule has 0 spiro atoms. The summed E-state index contributed by atoms with van der Waals surface area (Å²) in [5, 5.41) is 4.68. The Morgan fingerprint density at radius 1 is 0.957 bits per heavy atom. The van der Waals surface area contributed by atoms with Crippen LogP contribution in [-0.2, 0) is 6.54 Å². The van der Waals surface area contributed by atoms with Crippen LogP contribution in [-0.4, -0.2) is 6.61 Å². The summed E-state index contributed by atoms with van der Waals surface area (Å²) < 4.78 is 5.74. The lowest BCUT2D eigenvalue weighted by molar-refractivity contribution is 0.305. The Hall–Kier alpha value is -1.38. The summed E-state index contributed by atoms with van der Waals surface area (Å²) in [6.45, 7) is 3.66. The van der Waals surface area contributed by atoms with Gasteiger partial charge in [0, 0.05) is 22.3 Å². The van der Waals surface area contributed by atoms with E-state index in [9.17, 15) is 0 Å². The first kappa shape index (κ1) is 18.0. The summed E-state index contributed by atoms with van der Waals surface area (Å²) in [6, 6.07) is 13.6. The van der Waals surface area contributed by atoms with Crippen LogP contribution in [0.5, 0.6) is 5.75 Å². The van der Waals surface area contributed by atoms with Crippen molar-refractivity contribution in [2.45, 2.75) is 39.2 Å². The zero-order chi connectivity index (χ0) is 16.5. The topological polar surface area (TPSA) is 21.3 Å². The van der Waals surface area contributed by atoms with Crippen molar-refractivity contribution in [2.75, 3.05) is 11.9 Å². The summed E-state index contributed by atoms with van der Waals surface area (Å²) in [6.07, 6.45) is 4.87. The van der Waals surface area contributed by atoms with Crippen molar-refractivity contribution in [1.82, 2.24) is 0 Å². The van der Waals surface area contributed by atoms with Gasteiger partial charge in [-0.1, -0.05) is 55.5 Å². The standard InChI is InChI=1S/C19H23Cl2NO/c1-2-3-4-5-12-23-18-10-8-17(9-11-18)22-14-15-6-7-16(20)13-19(15)21/h6-11,13,22H,2-5,12,14H2,1H3. The second-order valence-corrected chi connectivity index (χ2v) is 6.37. The molecule has 0 unspecified atom stereocenters. The second-order valence-electron chi connectivity index (χ2n) is 5.52. The molecular formula is C19H23Cl2NO. The average Bonchev–Trinajstić information content (AvgIpc) is 2.55. The summed E-state index contributed by atoms with van der Waals surface area (Å²) in [7, 11) is 0. The van der Waals surface area contributed by atoms with Crippen molar-refractivity contribution in [3.05, 3.63) is 58.1 Å². The molecule has 0 radical (unpaired) electrons. The van der Waals surface area contributed by atoms with Crippen molar-refractivity contribution < 1.29 is 4.74 Å². The number of anilines is 1. The fourth-order valence-corrected chi connectivity index (χ4v) is 2.73. The molecule has 2 aromatic carbocycles. The van der Waals surface area contributed by atoms with Crippen molar-refractivity contribution >= 4 is 28.9 Å². The monoisotopic (exact) mass is 351 g/mol. The maximum absolute atomic E-state index is 6.17. The van der Waals surface area contributed by atoms with Gasteiger partial charge < -0.3 is 10.1 Å². The van der Waals surface area contributed by atoms with Gasteiger partial charge in [-0.15, -0.1) is 0 Å². The molecule has 0 aliphatic rings. The lowest BCUT2D eigenvalue weighted by Gasteiger charge is -2.10. The van der Waals surface area contributed by atoms with Crippen molar-refractivity contribution in [1.29, 1.82) is 0 Å². The van der Waals surface area contributed by atoms with Crippen LogP contribution in [0.25, 0.3) is 0 Å². The predicted octanol–water partition coefficient (Wildman–Crippen LogP) is 6.56. The Morgan fingerprint density at radius 2 is 1.74 bits per heavy atom. The van der Waals surface area contributed by atoms with Gasteiger partial charge in [-0.05, 0) is 48.4 Å². The number of unbranched alkanes of at least 4 members (excludes halogenated alkanes) is 3. The van der Waals surface area contributed by atoms with E-state index in [-0.39, 0.29) is 0 Å². The van der Waals surface area contributed by atoms with E-state index in [2.05, 4.69) is 12.2 Å². The maximum Gasteiger partial charge on any atom is 0.119 e. The van der Waals surface area contributed by atoms with Gasteiger partial charge in [-0.2, -0.15) is 0 Å². The van der Waals surface area contributed by atoms with Gasteiger partial charge >= 0.3 is 0 Å². The highest BCUT2D eigenvalue weighted by molar-refractivity contribution is 6.35. The number of ether oxygens (including phenoxy) is 1. The molecule has 0 fully saturated rings. The number of halogens is 2. The van der Waals surface area contributed by atoms with Crippen LogP contribution in [0.1, 0.15) is 38.2 Å². The first-order valence-corrected chi connectivity index (χ1v) is 8.85. The van der Waals surface area contributed by atoms with Gasteiger partial charge in [0.05, 0.1) is 6.61 Å². The Bertz CT molecular complexity index is 599. The first-order chi connectivity index (χ1) is 11.2. The van der Waals surface area contributed by atoms with E-state index in [4.69, 9.17) is 27.9 Å². The summed E-state index contributed by atoms with van der Waals surface area (Å²) in [5.41, 5.74) is 2.06. The van der Waals surface area contributed by atoms with Crippen LogP contribution < -0.4 is 10.1 Å². The Balaban J connectivity index is 1.78. The number of hydrogen-bond donors (Lipinski definition) is 1. The SMILES string of the molecule is CCCCCCOc1ccc(NCc2ccc(Cl)cc2Cl)cc1. The molecule has 1 N–H and O–H groups in total. The highest BCUT2D eigenvalue weighted by atomic mass is 35.5. The normalized spacial score (nSPS) is 10.6. The summed E-state index contributed by atoms with van der Waals surface area (Å²) in [5.74, 6) is 0.913. The van der Waals surface area contributed by atoms with Gasteiger partial charge in [0.25, 0.3) is 0 Å². The Labute approximate surface area is 148 Å². The van der Waals surface area contributed by atoms with Crippen LogP contribution in [0.2, 0.25) is 10.0 Å². The molecule has 23 heavy (non-hydrogen) atoms. The minimum atomic E-state index is 0.652. The molecule has 0 aromatic heterocycles. The van der Waals surface area contributed by atoms with E-state index in [1.807, 2.05) is 36.4 Å². The summed E-state index contributed by atoms with van der Waals surface area (Å²) >= 11 is 12.1. The molecule has 0 amide bonds. The van der Waals surface area contributed by atoms with Gasteiger partial charge in [0.1, 0.15) is 5.75 Å². The third kappa shape index (κ3) is 6.32. The van der Waals surface area contributed by atoms with Gasteiger partial charge in [0.2, 0.25) is 0 Å². The largest absolute Gasteiger partial charge is 0.494 e. The van der Waals surface area contributed by atoms with Crippen LogP contribution >= 0.6 is 23.2 Å². The van der Waals surface area contributed by atoms with Crippen LogP contribution in [0.3, 0.4) is 0 Å². The molecule has 0 saturated carbocycles. The smallest absolute Gasteiger partial charge is 0.119 e. The minimum absolute atomic E-state index is 0.652. The molecule has 124 valence electrons. The third-order valence-electron chi connectivity index (χ3n) is 3.62. The van der Waals surface area contributed by atoms with Crippen LogP contribution in [0.4, 0.5) is 5.69 Å². The van der Waals surface area contributed by atoms with E-state index < -0.39 is 0 Å². The number of rotatable bonds is 9. The third-order valence-corrected chi connectivity index (χ3v) is 4.21. The van der Waals surface area contributed by atoms with E-state index in [0.717, 1.165) is 30.0 Å². The molecule has 4 heteroatoms. The number of hydrogen-bond acceptors (Lipinski definition) is 2. The van der Waals surface area contributed by atoms with Crippen LogP contribution in [0, 0.1) is 0 Å². The lowest BCUT2D eigenvalue weighted by atomic mass is 10.2. The zero-order valence-electron chi connectivity index (χ0n) is 13.4. The Kier molecular flexibility index (Phi) is 7.57. The maximum atomic E-state index is 6.17. The molecule has 0 aliphatic heterocycles. The molecule has 2 aromatic rings. The molecule has 0 bridgehead atoms. The molecule has 2 nitrogen and oxygen atoms in total. The molecule has 2 rings (SSSR count). The highest BCUT2D eigenvalue weighted by Gasteiger charge is 2.02. The molecule has 0 heterocycles. The fraction of sp³-hybridized carbons (Fsp3) is 0.368. The quantitative estimate of drug-likeness (QED) is 0.516. The zero-order valence-corrected chi connectivity index (χ0v) is 15.0. The first-order valence-electron chi connectivity index (χ1n) is 8.09. The molecule has 0 aliphatic carbocycles. The predicted molar refractivity (Wildman–Crippen MR) is 99.9 cm³/mol. The summed E-state index contributed by atoms with van der Waals surface area (Å²) in [4.78, 5) is 0. The van der Waals surface area contributed by atoms with Gasteiger partial charge in [-0.3, -0.25) is 0 Å². The number of benzene rings is 2.